The van der Waals surface area contributed by atoms with Crippen molar-refractivity contribution >= 4 is 17.3 Å². The molecule has 0 saturated heterocycles. The highest BCUT2D eigenvalue weighted by Gasteiger charge is 2.32. The second-order valence-electron chi connectivity index (χ2n) is 5.53. The van der Waals surface area contributed by atoms with Crippen LogP contribution in [0.15, 0.2) is 18.2 Å². The molecule has 1 fully saturated rings. The normalized spacial score (nSPS) is 25.4. The molecule has 1 amide bonds. The number of nitrogens with zero attached hydrogens (tertiary/aromatic N) is 1. The Bertz CT molecular complexity index is 544. The Hall–Kier alpha value is -2.11. The zero-order chi connectivity index (χ0) is 14.9. The van der Waals surface area contributed by atoms with E-state index >= 15 is 0 Å². The Labute approximate surface area is 117 Å². The maximum atomic E-state index is 12.3. The van der Waals surface area contributed by atoms with Gasteiger partial charge in [0.25, 0.3) is 11.6 Å². The Kier molecular flexibility index (Phi) is 3.92. The number of benzene rings is 1. The van der Waals surface area contributed by atoms with Crippen LogP contribution in [0.25, 0.3) is 0 Å². The van der Waals surface area contributed by atoms with Crippen molar-refractivity contribution in [2.45, 2.75) is 32.7 Å². The van der Waals surface area contributed by atoms with Gasteiger partial charge in [0.1, 0.15) is 5.56 Å². The fourth-order valence-electron chi connectivity index (χ4n) is 2.71. The number of carbonyl (C=O) groups is 1. The molecule has 1 aromatic rings. The number of hydrogen-bond acceptors (Lipinski definition) is 4. The lowest BCUT2D eigenvalue weighted by Gasteiger charge is -2.19. The van der Waals surface area contributed by atoms with E-state index in [2.05, 4.69) is 19.2 Å². The molecule has 108 valence electrons. The highest BCUT2D eigenvalue weighted by atomic mass is 16.6. The predicted molar refractivity (Wildman–Crippen MR) is 76.3 cm³/mol. The van der Waals surface area contributed by atoms with Crippen molar-refractivity contribution in [3.63, 3.8) is 0 Å². The molecule has 2 rings (SSSR count). The first-order valence-electron chi connectivity index (χ1n) is 6.75. The van der Waals surface area contributed by atoms with Crippen molar-refractivity contribution in [3.8, 4) is 0 Å². The first-order chi connectivity index (χ1) is 9.40. The van der Waals surface area contributed by atoms with Gasteiger partial charge in [0.2, 0.25) is 0 Å². The minimum Gasteiger partial charge on any atom is -0.399 e. The standard InChI is InChI=1S/C14H19N3O3/c1-8-3-5-12(9(8)2)16-14(18)11-7-10(15)4-6-13(11)17(19)20/h4,6-9,12H,3,5,15H2,1-2H3,(H,16,18). The van der Waals surface area contributed by atoms with E-state index in [-0.39, 0.29) is 17.3 Å². The Balaban J connectivity index is 2.21. The first-order valence-corrected chi connectivity index (χ1v) is 6.75. The van der Waals surface area contributed by atoms with Crippen molar-refractivity contribution in [2.75, 3.05) is 5.73 Å². The molecule has 0 bridgehead atoms. The Morgan fingerprint density at radius 2 is 2.10 bits per heavy atom. The molecule has 1 aromatic carbocycles. The third-order valence-electron chi connectivity index (χ3n) is 4.24. The van der Waals surface area contributed by atoms with Gasteiger partial charge in [-0.3, -0.25) is 14.9 Å². The van der Waals surface area contributed by atoms with E-state index in [4.69, 9.17) is 5.73 Å². The maximum Gasteiger partial charge on any atom is 0.282 e. The van der Waals surface area contributed by atoms with E-state index in [1.165, 1.54) is 18.2 Å². The largest absolute Gasteiger partial charge is 0.399 e. The minimum absolute atomic E-state index is 0.0294. The molecule has 6 heteroatoms. The SMILES string of the molecule is CC1CCC(NC(=O)c2cc(N)ccc2[N+](=O)[O-])C1C. The van der Waals surface area contributed by atoms with Crippen LogP contribution in [0.5, 0.6) is 0 Å². The van der Waals surface area contributed by atoms with Crippen molar-refractivity contribution in [3.05, 3.63) is 33.9 Å². The van der Waals surface area contributed by atoms with Gasteiger partial charge in [-0.2, -0.15) is 0 Å². The second kappa shape index (κ2) is 5.48. The number of carbonyl (C=O) groups excluding carboxylic acids is 1. The van der Waals surface area contributed by atoms with Gasteiger partial charge in [-0.05, 0) is 36.8 Å². The number of anilines is 1. The summed E-state index contributed by atoms with van der Waals surface area (Å²) in [6, 6.07) is 4.12. The summed E-state index contributed by atoms with van der Waals surface area (Å²) in [5.41, 5.74) is 5.78. The minimum atomic E-state index is -0.560. The van der Waals surface area contributed by atoms with Crippen molar-refractivity contribution in [1.29, 1.82) is 0 Å². The number of nitro benzene ring substituents is 1. The van der Waals surface area contributed by atoms with E-state index in [1.54, 1.807) is 0 Å². The third-order valence-corrected chi connectivity index (χ3v) is 4.24. The molecular weight excluding hydrogens is 258 g/mol. The zero-order valence-corrected chi connectivity index (χ0v) is 11.6. The number of nitro groups is 1. The number of amides is 1. The van der Waals surface area contributed by atoms with Crippen LogP contribution in [0.4, 0.5) is 11.4 Å². The zero-order valence-electron chi connectivity index (χ0n) is 11.6. The van der Waals surface area contributed by atoms with Crippen LogP contribution in [0, 0.1) is 22.0 Å². The van der Waals surface area contributed by atoms with Crippen LogP contribution in [-0.2, 0) is 0 Å². The molecule has 1 aliphatic carbocycles. The summed E-state index contributed by atoms with van der Waals surface area (Å²) in [7, 11) is 0. The Morgan fingerprint density at radius 3 is 2.65 bits per heavy atom. The molecule has 6 nitrogen and oxygen atoms in total. The maximum absolute atomic E-state index is 12.3. The van der Waals surface area contributed by atoms with Gasteiger partial charge in [0.05, 0.1) is 4.92 Å². The van der Waals surface area contributed by atoms with E-state index < -0.39 is 10.8 Å². The molecule has 3 unspecified atom stereocenters. The van der Waals surface area contributed by atoms with E-state index in [0.29, 0.717) is 17.5 Å². The fraction of sp³-hybridized carbons (Fsp3) is 0.500. The Morgan fingerprint density at radius 1 is 1.40 bits per heavy atom. The number of hydrogen-bond donors (Lipinski definition) is 2. The second-order valence-corrected chi connectivity index (χ2v) is 5.53. The van der Waals surface area contributed by atoms with Crippen LogP contribution in [0.1, 0.15) is 37.0 Å². The summed E-state index contributed by atoms with van der Waals surface area (Å²) in [5, 5.41) is 13.9. The molecule has 3 atom stereocenters. The van der Waals surface area contributed by atoms with E-state index in [1.807, 2.05) is 0 Å². The summed E-state index contributed by atoms with van der Waals surface area (Å²) in [5.74, 6) is 0.505. The van der Waals surface area contributed by atoms with E-state index in [0.717, 1.165) is 12.8 Å². The number of nitrogens with two attached hydrogens (primary N) is 1. The van der Waals surface area contributed by atoms with Crippen LogP contribution in [0.3, 0.4) is 0 Å². The predicted octanol–water partition coefficient (Wildman–Crippen LogP) is 2.34. The fourth-order valence-corrected chi connectivity index (χ4v) is 2.71. The molecule has 0 aromatic heterocycles. The van der Waals surface area contributed by atoms with Crippen LogP contribution in [0.2, 0.25) is 0 Å². The average Bonchev–Trinajstić information content (AvgIpc) is 2.70. The van der Waals surface area contributed by atoms with Crippen LogP contribution in [-0.4, -0.2) is 16.9 Å². The summed E-state index contributed by atoms with van der Waals surface area (Å²) < 4.78 is 0. The first kappa shape index (κ1) is 14.3. The molecule has 0 heterocycles. The van der Waals surface area contributed by atoms with Crippen molar-refractivity contribution in [2.24, 2.45) is 11.8 Å². The topological polar surface area (TPSA) is 98.3 Å². The summed E-state index contributed by atoms with van der Waals surface area (Å²) in [4.78, 5) is 22.7. The molecule has 20 heavy (non-hydrogen) atoms. The molecule has 0 aliphatic heterocycles. The average molecular weight is 277 g/mol. The summed E-state index contributed by atoms with van der Waals surface area (Å²) >= 11 is 0. The third kappa shape index (κ3) is 2.74. The number of rotatable bonds is 3. The lowest BCUT2D eigenvalue weighted by Crippen LogP contribution is -2.37. The van der Waals surface area contributed by atoms with Crippen molar-refractivity contribution < 1.29 is 9.72 Å². The van der Waals surface area contributed by atoms with Gasteiger partial charge in [-0.15, -0.1) is 0 Å². The lowest BCUT2D eigenvalue weighted by atomic mass is 9.97. The van der Waals surface area contributed by atoms with Gasteiger partial charge in [0, 0.05) is 17.8 Å². The molecule has 1 aliphatic rings. The van der Waals surface area contributed by atoms with Gasteiger partial charge in [0.15, 0.2) is 0 Å². The van der Waals surface area contributed by atoms with Crippen molar-refractivity contribution in [1.82, 2.24) is 5.32 Å². The molecular formula is C14H19N3O3. The van der Waals surface area contributed by atoms with Gasteiger partial charge < -0.3 is 11.1 Å². The van der Waals surface area contributed by atoms with Gasteiger partial charge >= 0.3 is 0 Å². The van der Waals surface area contributed by atoms with E-state index in [9.17, 15) is 14.9 Å². The monoisotopic (exact) mass is 277 g/mol. The molecule has 0 spiro atoms. The number of nitrogen functional groups attached to an aromatic ring is 1. The molecule has 3 N–H and O–H groups in total. The molecule has 0 radical (unpaired) electrons. The van der Waals surface area contributed by atoms with Gasteiger partial charge in [-0.25, -0.2) is 0 Å². The molecule has 1 saturated carbocycles. The highest BCUT2D eigenvalue weighted by Crippen LogP contribution is 2.31. The summed E-state index contributed by atoms with van der Waals surface area (Å²) in [6.07, 6.45) is 1.97. The van der Waals surface area contributed by atoms with Gasteiger partial charge in [-0.1, -0.05) is 13.8 Å². The summed E-state index contributed by atoms with van der Waals surface area (Å²) in [6.45, 7) is 4.25. The quantitative estimate of drug-likeness (QED) is 0.503. The lowest BCUT2D eigenvalue weighted by molar-refractivity contribution is -0.385. The number of nitrogens with one attached hydrogen (secondary N) is 1. The van der Waals surface area contributed by atoms with Crippen LogP contribution >= 0.6 is 0 Å². The van der Waals surface area contributed by atoms with Crippen LogP contribution < -0.4 is 11.1 Å². The highest BCUT2D eigenvalue weighted by molar-refractivity contribution is 5.99. The smallest absolute Gasteiger partial charge is 0.282 e.